The summed E-state index contributed by atoms with van der Waals surface area (Å²) in [7, 11) is 0. The van der Waals surface area contributed by atoms with Crippen molar-refractivity contribution in [1.29, 1.82) is 0 Å². The van der Waals surface area contributed by atoms with Crippen LogP contribution in [0, 0.1) is 19.8 Å². The zero-order valence-electron chi connectivity index (χ0n) is 9.33. The van der Waals surface area contributed by atoms with Gasteiger partial charge in [0.2, 0.25) is 0 Å². The summed E-state index contributed by atoms with van der Waals surface area (Å²) in [6.07, 6.45) is 4.43. The van der Waals surface area contributed by atoms with Crippen LogP contribution < -0.4 is 0 Å². The van der Waals surface area contributed by atoms with Gasteiger partial charge in [0.1, 0.15) is 5.75 Å². The van der Waals surface area contributed by atoms with Gasteiger partial charge in [-0.1, -0.05) is 6.07 Å². The molecule has 0 bridgehead atoms. The molecule has 0 heterocycles. The molecule has 1 aromatic carbocycles. The second-order valence-electron chi connectivity index (χ2n) is 4.46. The standard InChI is InChI=1S/C13H17NO/c1-9-5-10(2)13(15)12(6-9)8-14-7-11-3-4-11/h5-6,8,11,15H,3-4,7H2,1-2H3. The Morgan fingerprint density at radius 1 is 1.40 bits per heavy atom. The summed E-state index contributed by atoms with van der Waals surface area (Å²) in [6, 6.07) is 3.95. The van der Waals surface area contributed by atoms with Gasteiger partial charge in [0.25, 0.3) is 0 Å². The predicted molar refractivity (Wildman–Crippen MR) is 62.8 cm³/mol. The Morgan fingerprint density at radius 3 is 2.80 bits per heavy atom. The zero-order chi connectivity index (χ0) is 10.8. The van der Waals surface area contributed by atoms with E-state index in [9.17, 15) is 5.11 Å². The van der Waals surface area contributed by atoms with Crippen molar-refractivity contribution in [3.8, 4) is 5.75 Å². The highest BCUT2D eigenvalue weighted by Crippen LogP contribution is 2.29. The van der Waals surface area contributed by atoms with Gasteiger partial charge >= 0.3 is 0 Å². The van der Waals surface area contributed by atoms with Crippen molar-refractivity contribution < 1.29 is 5.11 Å². The monoisotopic (exact) mass is 203 g/mol. The van der Waals surface area contributed by atoms with Gasteiger partial charge in [-0.2, -0.15) is 0 Å². The molecule has 0 aliphatic heterocycles. The summed E-state index contributed by atoms with van der Waals surface area (Å²) in [4.78, 5) is 4.36. The molecule has 0 spiro atoms. The molecule has 0 radical (unpaired) electrons. The summed E-state index contributed by atoms with van der Waals surface area (Å²) in [5.74, 6) is 1.16. The Bertz CT molecular complexity index is 392. The number of aliphatic imine (C=N–C) groups is 1. The van der Waals surface area contributed by atoms with Crippen LogP contribution in [0.1, 0.15) is 29.5 Å². The third-order valence-electron chi connectivity index (χ3n) is 2.77. The summed E-state index contributed by atoms with van der Waals surface area (Å²) in [6.45, 7) is 4.86. The highest BCUT2D eigenvalue weighted by molar-refractivity contribution is 5.84. The Balaban J connectivity index is 2.14. The molecule has 1 fully saturated rings. The van der Waals surface area contributed by atoms with Gasteiger partial charge in [-0.15, -0.1) is 0 Å². The first kappa shape index (κ1) is 10.2. The Morgan fingerprint density at radius 2 is 2.13 bits per heavy atom. The largest absolute Gasteiger partial charge is 0.507 e. The first-order valence-corrected chi connectivity index (χ1v) is 5.47. The number of hydrogen-bond acceptors (Lipinski definition) is 2. The van der Waals surface area contributed by atoms with Crippen LogP contribution in [0.2, 0.25) is 0 Å². The molecule has 1 saturated carbocycles. The number of nitrogens with zero attached hydrogens (tertiary/aromatic N) is 1. The molecule has 1 aromatic rings. The molecule has 1 aliphatic carbocycles. The second-order valence-corrected chi connectivity index (χ2v) is 4.46. The second kappa shape index (κ2) is 4.05. The first-order valence-electron chi connectivity index (χ1n) is 5.47. The molecule has 0 amide bonds. The fourth-order valence-electron chi connectivity index (χ4n) is 1.69. The number of phenolic OH excluding ortho intramolecular Hbond substituents is 1. The predicted octanol–water partition coefficient (Wildman–Crippen LogP) is 2.84. The lowest BCUT2D eigenvalue weighted by Gasteiger charge is -2.04. The van der Waals surface area contributed by atoms with Crippen molar-refractivity contribution in [2.45, 2.75) is 26.7 Å². The van der Waals surface area contributed by atoms with Gasteiger partial charge in [0, 0.05) is 18.3 Å². The maximum Gasteiger partial charge on any atom is 0.127 e. The molecule has 80 valence electrons. The highest BCUT2D eigenvalue weighted by atomic mass is 16.3. The van der Waals surface area contributed by atoms with Crippen LogP contribution in [0.3, 0.4) is 0 Å². The summed E-state index contributed by atoms with van der Waals surface area (Å²) < 4.78 is 0. The molecule has 2 heteroatoms. The van der Waals surface area contributed by atoms with Crippen LogP contribution in [0.25, 0.3) is 0 Å². The fraction of sp³-hybridized carbons (Fsp3) is 0.462. The zero-order valence-corrected chi connectivity index (χ0v) is 9.33. The van der Waals surface area contributed by atoms with E-state index < -0.39 is 0 Å². The maximum absolute atomic E-state index is 9.81. The van der Waals surface area contributed by atoms with Crippen LogP contribution in [-0.4, -0.2) is 17.9 Å². The Kier molecular flexibility index (Phi) is 2.76. The SMILES string of the molecule is Cc1cc(C)c(O)c(C=NCC2CC2)c1. The van der Waals surface area contributed by atoms with Gasteiger partial charge in [0.05, 0.1) is 0 Å². The minimum atomic E-state index is 0.361. The van der Waals surface area contributed by atoms with Crippen molar-refractivity contribution in [3.05, 3.63) is 28.8 Å². The summed E-state index contributed by atoms with van der Waals surface area (Å²) in [5, 5.41) is 9.81. The van der Waals surface area contributed by atoms with E-state index in [1.165, 1.54) is 12.8 Å². The molecule has 0 aromatic heterocycles. The molecular formula is C13H17NO. The van der Waals surface area contributed by atoms with E-state index in [2.05, 4.69) is 4.99 Å². The van der Waals surface area contributed by atoms with Gasteiger partial charge in [-0.3, -0.25) is 4.99 Å². The Hall–Kier alpha value is -1.31. The van der Waals surface area contributed by atoms with Gasteiger partial charge in [0.15, 0.2) is 0 Å². The third-order valence-corrected chi connectivity index (χ3v) is 2.77. The molecular weight excluding hydrogens is 186 g/mol. The minimum Gasteiger partial charge on any atom is -0.507 e. The molecule has 2 rings (SSSR count). The molecule has 0 atom stereocenters. The van der Waals surface area contributed by atoms with Crippen LogP contribution in [-0.2, 0) is 0 Å². The van der Waals surface area contributed by atoms with E-state index in [1.54, 1.807) is 6.21 Å². The lowest BCUT2D eigenvalue weighted by atomic mass is 10.1. The van der Waals surface area contributed by atoms with E-state index in [-0.39, 0.29) is 0 Å². The average Bonchev–Trinajstić information content (AvgIpc) is 2.97. The van der Waals surface area contributed by atoms with Gasteiger partial charge in [-0.25, -0.2) is 0 Å². The molecule has 0 saturated heterocycles. The number of hydrogen-bond donors (Lipinski definition) is 1. The number of aromatic hydroxyl groups is 1. The van der Waals surface area contributed by atoms with E-state index in [1.807, 2.05) is 26.0 Å². The summed E-state index contributed by atoms with van der Waals surface area (Å²) in [5.41, 5.74) is 2.93. The van der Waals surface area contributed by atoms with Crippen molar-refractivity contribution in [2.75, 3.05) is 6.54 Å². The van der Waals surface area contributed by atoms with Crippen LogP contribution in [0.15, 0.2) is 17.1 Å². The molecule has 1 N–H and O–H groups in total. The van der Waals surface area contributed by atoms with Crippen LogP contribution in [0.4, 0.5) is 0 Å². The molecule has 2 nitrogen and oxygen atoms in total. The minimum absolute atomic E-state index is 0.361. The van der Waals surface area contributed by atoms with E-state index in [0.717, 1.165) is 29.2 Å². The quantitative estimate of drug-likeness (QED) is 0.753. The fourth-order valence-corrected chi connectivity index (χ4v) is 1.69. The third kappa shape index (κ3) is 2.58. The summed E-state index contributed by atoms with van der Waals surface area (Å²) >= 11 is 0. The van der Waals surface area contributed by atoms with E-state index in [0.29, 0.717) is 5.75 Å². The molecule has 0 unspecified atom stereocenters. The van der Waals surface area contributed by atoms with Crippen LogP contribution in [0.5, 0.6) is 5.75 Å². The normalized spacial score (nSPS) is 16.1. The topological polar surface area (TPSA) is 32.6 Å². The first-order chi connectivity index (χ1) is 7.16. The number of benzene rings is 1. The number of rotatable bonds is 3. The van der Waals surface area contributed by atoms with E-state index >= 15 is 0 Å². The van der Waals surface area contributed by atoms with Gasteiger partial charge in [-0.05, 0) is 49.8 Å². The smallest absolute Gasteiger partial charge is 0.127 e. The number of aryl methyl sites for hydroxylation is 2. The number of phenols is 1. The molecule has 15 heavy (non-hydrogen) atoms. The lowest BCUT2D eigenvalue weighted by Crippen LogP contribution is -1.90. The average molecular weight is 203 g/mol. The van der Waals surface area contributed by atoms with Crippen molar-refractivity contribution in [3.63, 3.8) is 0 Å². The maximum atomic E-state index is 9.81. The van der Waals surface area contributed by atoms with Gasteiger partial charge < -0.3 is 5.11 Å². The lowest BCUT2D eigenvalue weighted by molar-refractivity contribution is 0.470. The van der Waals surface area contributed by atoms with E-state index in [4.69, 9.17) is 0 Å². The molecule has 1 aliphatic rings. The van der Waals surface area contributed by atoms with Crippen LogP contribution >= 0.6 is 0 Å². The van der Waals surface area contributed by atoms with Crippen molar-refractivity contribution in [1.82, 2.24) is 0 Å². The Labute approximate surface area is 90.7 Å². The highest BCUT2D eigenvalue weighted by Gasteiger charge is 2.19. The van der Waals surface area contributed by atoms with Crippen molar-refractivity contribution in [2.24, 2.45) is 10.9 Å². The van der Waals surface area contributed by atoms with Crippen molar-refractivity contribution >= 4 is 6.21 Å².